The van der Waals surface area contributed by atoms with Gasteiger partial charge in [0, 0.05) is 17.4 Å². The first-order valence-electron chi connectivity index (χ1n) is 12.5. The number of fused-ring (bicyclic) bond motifs is 3. The number of benzene rings is 3. The summed E-state index contributed by atoms with van der Waals surface area (Å²) in [5.41, 5.74) is 8.08. The summed E-state index contributed by atoms with van der Waals surface area (Å²) < 4.78 is 4.17. The summed E-state index contributed by atoms with van der Waals surface area (Å²) in [5.74, 6) is 0.964. The molecule has 0 fully saturated rings. The zero-order valence-corrected chi connectivity index (χ0v) is 21.2. The number of aryl methyl sites for hydroxylation is 3. The fourth-order valence-electron chi connectivity index (χ4n) is 5.08. The molecule has 37 heavy (non-hydrogen) atoms. The number of nitrogens with zero attached hydrogens (tertiary/aromatic N) is 4. The Bertz CT molecular complexity index is 1560. The Labute approximate surface area is 216 Å². The van der Waals surface area contributed by atoms with Crippen molar-refractivity contribution < 1.29 is 4.79 Å². The summed E-state index contributed by atoms with van der Waals surface area (Å²) in [5, 5.41) is 8.06. The highest BCUT2D eigenvalue weighted by Gasteiger charge is 2.36. The van der Waals surface area contributed by atoms with E-state index in [2.05, 4.69) is 65.5 Å². The fraction of sp³-hybridized carbons (Fsp3) is 0.161. The van der Waals surface area contributed by atoms with E-state index in [9.17, 15) is 4.79 Å². The van der Waals surface area contributed by atoms with E-state index < -0.39 is 0 Å². The van der Waals surface area contributed by atoms with Crippen LogP contribution < -0.4 is 5.32 Å². The molecule has 1 aliphatic rings. The van der Waals surface area contributed by atoms with Gasteiger partial charge >= 0.3 is 6.03 Å². The maximum Gasteiger partial charge on any atom is 0.322 e. The van der Waals surface area contributed by atoms with Gasteiger partial charge in [0.25, 0.3) is 0 Å². The van der Waals surface area contributed by atoms with Crippen molar-refractivity contribution in [1.82, 2.24) is 19.2 Å². The molecule has 0 radical (unpaired) electrons. The molecule has 1 aliphatic heterocycles. The monoisotopic (exact) mass is 487 g/mol. The van der Waals surface area contributed by atoms with Gasteiger partial charge in [-0.3, -0.25) is 0 Å². The normalized spacial score (nSPS) is 14.6. The van der Waals surface area contributed by atoms with E-state index in [1.165, 1.54) is 5.56 Å². The van der Waals surface area contributed by atoms with E-state index >= 15 is 0 Å². The van der Waals surface area contributed by atoms with Crippen LogP contribution in [0, 0.1) is 20.8 Å². The summed E-state index contributed by atoms with van der Waals surface area (Å²) >= 11 is 0. The number of rotatable bonds is 3. The van der Waals surface area contributed by atoms with E-state index in [1.54, 1.807) is 0 Å². The van der Waals surface area contributed by atoms with Crippen molar-refractivity contribution in [1.29, 1.82) is 0 Å². The zero-order chi connectivity index (χ0) is 25.5. The second kappa shape index (κ2) is 9.13. The topological polar surface area (TPSA) is 55.1 Å². The van der Waals surface area contributed by atoms with Crippen LogP contribution in [0.25, 0.3) is 11.5 Å². The minimum Gasteiger partial charge on any atom is -0.308 e. The highest BCUT2D eigenvalue weighted by Crippen LogP contribution is 2.38. The van der Waals surface area contributed by atoms with Crippen LogP contribution in [0.1, 0.15) is 39.7 Å². The number of carbonyl (C=O) groups is 1. The molecule has 3 heterocycles. The van der Waals surface area contributed by atoms with Gasteiger partial charge < -0.3 is 14.8 Å². The molecule has 1 atom stereocenters. The number of carbonyl (C=O) groups excluding carboxylic acids is 1. The Morgan fingerprint density at radius 3 is 2.22 bits per heavy atom. The first-order valence-corrected chi connectivity index (χ1v) is 12.5. The van der Waals surface area contributed by atoms with Gasteiger partial charge in [-0.2, -0.15) is 5.10 Å². The van der Waals surface area contributed by atoms with Gasteiger partial charge in [-0.05, 0) is 62.7 Å². The molecule has 0 saturated heterocycles. The lowest BCUT2D eigenvalue weighted by molar-refractivity contribution is 0.194. The SMILES string of the molecule is Cc1ccc(NC(=O)N2Cc3c(C)nn(-c4ccccc4)c3-n3cccc3[C@H]2c2ccc(C)cc2)cc1. The molecule has 184 valence electrons. The Morgan fingerprint density at radius 1 is 0.838 bits per heavy atom. The largest absolute Gasteiger partial charge is 0.322 e. The average molecular weight is 488 g/mol. The molecular weight excluding hydrogens is 458 g/mol. The van der Waals surface area contributed by atoms with Crippen LogP contribution >= 0.6 is 0 Å². The van der Waals surface area contributed by atoms with Gasteiger partial charge in [0.1, 0.15) is 5.82 Å². The lowest BCUT2D eigenvalue weighted by Crippen LogP contribution is -2.38. The van der Waals surface area contributed by atoms with E-state index in [-0.39, 0.29) is 12.1 Å². The number of para-hydroxylation sites is 1. The minimum atomic E-state index is -0.280. The number of urea groups is 1. The van der Waals surface area contributed by atoms with Crippen LogP contribution in [-0.2, 0) is 6.54 Å². The van der Waals surface area contributed by atoms with Crippen LogP contribution in [0.4, 0.5) is 10.5 Å². The Balaban J connectivity index is 1.53. The average Bonchev–Trinajstić information content (AvgIpc) is 3.47. The molecule has 6 nitrogen and oxygen atoms in total. The molecule has 1 N–H and O–H groups in total. The molecule has 0 bridgehead atoms. The lowest BCUT2D eigenvalue weighted by Gasteiger charge is -2.31. The predicted octanol–water partition coefficient (Wildman–Crippen LogP) is 6.73. The van der Waals surface area contributed by atoms with Crippen molar-refractivity contribution >= 4 is 11.7 Å². The molecule has 6 heteroatoms. The molecule has 3 aromatic carbocycles. The van der Waals surface area contributed by atoms with Crippen molar-refractivity contribution in [2.24, 2.45) is 0 Å². The standard InChI is InChI=1S/C31H29N5O/c1-21-11-15-24(16-12-21)29-28-10-7-19-34(28)30-27(23(3)33-36(30)26-8-5-4-6-9-26)20-35(29)31(37)32-25-17-13-22(2)14-18-25/h4-19,29H,20H2,1-3H3,(H,32,37)/t29-/m1/s1. The summed E-state index contributed by atoms with van der Waals surface area (Å²) in [6, 6.07) is 30.2. The third-order valence-corrected chi connectivity index (χ3v) is 7.04. The maximum absolute atomic E-state index is 14.0. The Kier molecular flexibility index (Phi) is 5.64. The van der Waals surface area contributed by atoms with Gasteiger partial charge in [0.2, 0.25) is 0 Å². The number of nitrogens with one attached hydrogen (secondary N) is 1. The molecule has 2 amide bonds. The second-order valence-corrected chi connectivity index (χ2v) is 9.68. The molecule has 0 unspecified atom stereocenters. The minimum absolute atomic E-state index is 0.151. The van der Waals surface area contributed by atoms with Crippen molar-refractivity contribution in [3.63, 3.8) is 0 Å². The van der Waals surface area contributed by atoms with Crippen LogP contribution in [0.5, 0.6) is 0 Å². The van der Waals surface area contributed by atoms with E-state index in [0.717, 1.165) is 45.3 Å². The van der Waals surface area contributed by atoms with E-state index in [0.29, 0.717) is 6.54 Å². The quantitative estimate of drug-likeness (QED) is 0.307. The molecule has 0 spiro atoms. The smallest absolute Gasteiger partial charge is 0.308 e. The number of hydrogen-bond donors (Lipinski definition) is 1. The first-order chi connectivity index (χ1) is 18.0. The van der Waals surface area contributed by atoms with Crippen molar-refractivity contribution in [3.05, 3.63) is 131 Å². The number of anilines is 1. The maximum atomic E-state index is 14.0. The fourth-order valence-corrected chi connectivity index (χ4v) is 5.08. The van der Waals surface area contributed by atoms with Crippen LogP contribution in [0.3, 0.4) is 0 Å². The molecule has 6 rings (SSSR count). The highest BCUT2D eigenvalue weighted by molar-refractivity contribution is 5.90. The highest BCUT2D eigenvalue weighted by atomic mass is 16.2. The number of aromatic nitrogens is 3. The number of hydrogen-bond acceptors (Lipinski definition) is 2. The van der Waals surface area contributed by atoms with Crippen LogP contribution in [0.15, 0.2) is 97.2 Å². The van der Waals surface area contributed by atoms with Crippen molar-refractivity contribution in [2.75, 3.05) is 5.32 Å². The molecule has 2 aromatic heterocycles. The van der Waals surface area contributed by atoms with E-state index in [1.807, 2.05) is 72.0 Å². The molecule has 0 saturated carbocycles. The molecular formula is C31H29N5O. The van der Waals surface area contributed by atoms with Crippen LogP contribution in [0.2, 0.25) is 0 Å². The van der Waals surface area contributed by atoms with Gasteiger partial charge in [0.15, 0.2) is 0 Å². The second-order valence-electron chi connectivity index (χ2n) is 9.68. The predicted molar refractivity (Wildman–Crippen MR) is 146 cm³/mol. The lowest BCUT2D eigenvalue weighted by atomic mass is 10.0. The first kappa shape index (κ1) is 22.9. The third kappa shape index (κ3) is 4.10. The van der Waals surface area contributed by atoms with Crippen LogP contribution in [-0.4, -0.2) is 25.3 Å². The molecule has 0 aliphatic carbocycles. The van der Waals surface area contributed by atoms with Gasteiger partial charge in [-0.1, -0.05) is 65.7 Å². The summed E-state index contributed by atoms with van der Waals surface area (Å²) in [4.78, 5) is 15.9. The Hall–Kier alpha value is -4.58. The van der Waals surface area contributed by atoms with E-state index in [4.69, 9.17) is 5.10 Å². The zero-order valence-electron chi connectivity index (χ0n) is 21.2. The van der Waals surface area contributed by atoms with Crippen molar-refractivity contribution in [3.8, 4) is 11.5 Å². The summed E-state index contributed by atoms with van der Waals surface area (Å²) in [7, 11) is 0. The number of amides is 2. The van der Waals surface area contributed by atoms with Gasteiger partial charge in [0.05, 0.1) is 29.7 Å². The summed E-state index contributed by atoms with van der Waals surface area (Å²) in [6.07, 6.45) is 2.07. The third-order valence-electron chi connectivity index (χ3n) is 7.04. The Morgan fingerprint density at radius 2 is 1.51 bits per heavy atom. The molecule has 5 aromatic rings. The van der Waals surface area contributed by atoms with Gasteiger partial charge in [-0.25, -0.2) is 9.48 Å². The van der Waals surface area contributed by atoms with Gasteiger partial charge in [-0.15, -0.1) is 0 Å². The summed E-state index contributed by atoms with van der Waals surface area (Å²) in [6.45, 7) is 6.56. The van der Waals surface area contributed by atoms with Crippen molar-refractivity contribution in [2.45, 2.75) is 33.4 Å².